The molecule has 0 unspecified atom stereocenters. The maximum atomic E-state index is 11.0. The molecule has 0 spiro atoms. The topological polar surface area (TPSA) is 26.3 Å². The first-order valence-corrected chi connectivity index (χ1v) is 5.71. The highest BCUT2D eigenvalue weighted by Gasteiger charge is 2.17. The van der Waals surface area contributed by atoms with Gasteiger partial charge in [-0.15, -0.1) is 0 Å². The van der Waals surface area contributed by atoms with Gasteiger partial charge in [-0.1, -0.05) is 42.2 Å². The zero-order valence-corrected chi connectivity index (χ0v) is 9.77. The van der Waals surface area contributed by atoms with E-state index in [2.05, 4.69) is 11.8 Å². The van der Waals surface area contributed by atoms with Crippen molar-refractivity contribution in [3.8, 4) is 11.8 Å². The van der Waals surface area contributed by atoms with Gasteiger partial charge in [-0.25, -0.2) is 0 Å². The van der Waals surface area contributed by atoms with Crippen LogP contribution in [0.15, 0.2) is 36.4 Å². The van der Waals surface area contributed by atoms with Crippen molar-refractivity contribution in [3.63, 3.8) is 0 Å². The Morgan fingerprint density at radius 2 is 2.06 bits per heavy atom. The molecule has 0 radical (unpaired) electrons. The molecule has 17 heavy (non-hydrogen) atoms. The lowest BCUT2D eigenvalue weighted by atomic mass is 10.2. The van der Waals surface area contributed by atoms with Gasteiger partial charge in [-0.3, -0.25) is 4.79 Å². The van der Waals surface area contributed by atoms with E-state index in [4.69, 9.17) is 4.74 Å². The molecule has 0 atom stereocenters. The van der Waals surface area contributed by atoms with Crippen LogP contribution in [0.2, 0.25) is 0 Å². The molecule has 0 heterocycles. The highest BCUT2D eigenvalue weighted by Crippen LogP contribution is 2.27. The van der Waals surface area contributed by atoms with Crippen molar-refractivity contribution in [2.45, 2.75) is 19.8 Å². The summed E-state index contributed by atoms with van der Waals surface area (Å²) in [7, 11) is 0. The van der Waals surface area contributed by atoms with Crippen LogP contribution < -0.4 is 0 Å². The molecule has 1 fully saturated rings. The number of carbonyl (C=O) groups is 1. The minimum atomic E-state index is -0.326. The molecule has 0 saturated heterocycles. The van der Waals surface area contributed by atoms with Gasteiger partial charge in [0, 0.05) is 24.5 Å². The van der Waals surface area contributed by atoms with Crippen LogP contribution in [0.1, 0.15) is 25.3 Å². The summed E-state index contributed by atoms with van der Waals surface area (Å²) >= 11 is 0. The molecule has 0 N–H and O–H groups in total. The molecular weight excluding hydrogens is 212 g/mol. The largest absolute Gasteiger partial charge is 0.425 e. The van der Waals surface area contributed by atoms with Crippen LogP contribution in [0.4, 0.5) is 0 Å². The van der Waals surface area contributed by atoms with Gasteiger partial charge in [0.2, 0.25) is 0 Å². The van der Waals surface area contributed by atoms with Crippen LogP contribution in [-0.2, 0) is 9.53 Å². The number of carbonyl (C=O) groups excluding carboxylic acids is 1. The van der Waals surface area contributed by atoms with Crippen molar-refractivity contribution in [1.82, 2.24) is 0 Å². The zero-order chi connectivity index (χ0) is 12.1. The molecule has 1 saturated carbocycles. The van der Waals surface area contributed by atoms with E-state index in [1.165, 1.54) is 19.8 Å². The van der Waals surface area contributed by atoms with Crippen LogP contribution in [-0.4, -0.2) is 5.97 Å². The van der Waals surface area contributed by atoms with Gasteiger partial charge in [-0.05, 0) is 12.8 Å². The van der Waals surface area contributed by atoms with E-state index in [0.29, 0.717) is 11.7 Å². The Kier molecular flexibility index (Phi) is 3.62. The normalized spacial score (nSPS) is 14.8. The van der Waals surface area contributed by atoms with E-state index in [-0.39, 0.29) is 5.97 Å². The maximum absolute atomic E-state index is 11.0. The van der Waals surface area contributed by atoms with Gasteiger partial charge in [0.15, 0.2) is 0 Å². The Morgan fingerprint density at radius 1 is 1.35 bits per heavy atom. The molecule has 2 nitrogen and oxygen atoms in total. The van der Waals surface area contributed by atoms with E-state index < -0.39 is 0 Å². The van der Waals surface area contributed by atoms with Crippen LogP contribution >= 0.6 is 0 Å². The van der Waals surface area contributed by atoms with Crippen molar-refractivity contribution in [1.29, 1.82) is 0 Å². The first-order valence-electron chi connectivity index (χ1n) is 5.71. The fourth-order valence-electron chi connectivity index (χ4n) is 1.38. The monoisotopic (exact) mass is 226 g/mol. The van der Waals surface area contributed by atoms with Gasteiger partial charge in [0.1, 0.15) is 5.76 Å². The van der Waals surface area contributed by atoms with Crippen molar-refractivity contribution >= 4 is 11.7 Å². The Hall–Kier alpha value is -2.01. The summed E-state index contributed by atoms with van der Waals surface area (Å²) in [5.41, 5.74) is 0.868. The molecule has 0 bridgehead atoms. The molecule has 1 aromatic carbocycles. The van der Waals surface area contributed by atoms with Crippen LogP contribution in [0.25, 0.3) is 5.76 Å². The van der Waals surface area contributed by atoms with E-state index in [1.54, 1.807) is 6.08 Å². The molecule has 86 valence electrons. The molecule has 2 rings (SSSR count). The number of rotatable bonds is 2. The summed E-state index contributed by atoms with van der Waals surface area (Å²) in [5.74, 6) is 6.81. The predicted octanol–water partition coefficient (Wildman–Crippen LogP) is 3.00. The van der Waals surface area contributed by atoms with Crippen molar-refractivity contribution in [3.05, 3.63) is 42.0 Å². The van der Waals surface area contributed by atoms with E-state index >= 15 is 0 Å². The Balaban J connectivity index is 2.18. The smallest absolute Gasteiger partial charge is 0.308 e. The summed E-state index contributed by atoms with van der Waals surface area (Å²) < 4.78 is 5.16. The molecule has 0 aromatic heterocycles. The summed E-state index contributed by atoms with van der Waals surface area (Å²) in [6.07, 6.45) is 4.05. The lowest BCUT2D eigenvalue weighted by Gasteiger charge is -2.05. The molecule has 1 aromatic rings. The molecule has 2 heteroatoms. The first-order chi connectivity index (χ1) is 8.25. The SMILES string of the molecule is CC(=O)O/C(=C\C#CC1CC1)c1ccccc1. The van der Waals surface area contributed by atoms with E-state index in [1.807, 2.05) is 30.3 Å². The van der Waals surface area contributed by atoms with Gasteiger partial charge in [0.05, 0.1) is 0 Å². The number of benzene rings is 1. The van der Waals surface area contributed by atoms with Crippen molar-refractivity contribution in [2.24, 2.45) is 5.92 Å². The second kappa shape index (κ2) is 5.36. The number of hydrogen-bond acceptors (Lipinski definition) is 2. The third-order valence-corrected chi connectivity index (χ3v) is 2.38. The predicted molar refractivity (Wildman–Crippen MR) is 66.7 cm³/mol. The molecular formula is C15H14O2. The summed E-state index contributed by atoms with van der Waals surface area (Å²) in [6.45, 7) is 1.39. The number of ether oxygens (including phenoxy) is 1. The van der Waals surface area contributed by atoms with Gasteiger partial charge in [0.25, 0.3) is 0 Å². The summed E-state index contributed by atoms with van der Waals surface area (Å²) in [4.78, 5) is 11.0. The third kappa shape index (κ3) is 3.81. The van der Waals surface area contributed by atoms with Gasteiger partial charge in [-0.2, -0.15) is 0 Å². The van der Waals surface area contributed by atoms with E-state index in [9.17, 15) is 4.79 Å². The van der Waals surface area contributed by atoms with Gasteiger partial charge >= 0.3 is 5.97 Å². The molecule has 1 aliphatic rings. The number of hydrogen-bond donors (Lipinski definition) is 0. The molecule has 0 amide bonds. The minimum Gasteiger partial charge on any atom is -0.425 e. The summed E-state index contributed by atoms with van der Waals surface area (Å²) in [5, 5.41) is 0. The number of allylic oxidation sites excluding steroid dienone is 1. The standard InChI is InChI=1S/C15H14O2/c1-12(16)17-15(9-5-6-13-10-11-13)14-7-3-2-4-8-14/h2-4,7-9,13H,10-11H2,1H3/b15-9-. The molecule has 0 aliphatic heterocycles. The minimum absolute atomic E-state index is 0.326. The highest BCUT2D eigenvalue weighted by atomic mass is 16.5. The average Bonchev–Trinajstić information content (AvgIpc) is 3.12. The third-order valence-electron chi connectivity index (χ3n) is 2.38. The fourth-order valence-corrected chi connectivity index (χ4v) is 1.38. The van der Waals surface area contributed by atoms with Crippen LogP contribution in [0.3, 0.4) is 0 Å². The second-order valence-corrected chi connectivity index (χ2v) is 4.03. The van der Waals surface area contributed by atoms with Gasteiger partial charge < -0.3 is 4.74 Å². The maximum Gasteiger partial charge on any atom is 0.308 e. The Bertz CT molecular complexity index is 485. The second-order valence-electron chi connectivity index (χ2n) is 4.03. The first kappa shape index (κ1) is 11.5. The Labute approximate surface area is 101 Å². The zero-order valence-electron chi connectivity index (χ0n) is 9.77. The summed E-state index contributed by atoms with van der Waals surface area (Å²) in [6, 6.07) is 9.52. The van der Waals surface area contributed by atoms with Crippen LogP contribution in [0, 0.1) is 17.8 Å². The lowest BCUT2D eigenvalue weighted by Crippen LogP contribution is -1.98. The average molecular weight is 226 g/mol. The highest BCUT2D eigenvalue weighted by molar-refractivity contribution is 5.77. The fraction of sp³-hybridized carbons (Fsp3) is 0.267. The quantitative estimate of drug-likeness (QED) is 0.440. The molecule has 1 aliphatic carbocycles. The van der Waals surface area contributed by atoms with Crippen molar-refractivity contribution < 1.29 is 9.53 Å². The Morgan fingerprint density at radius 3 is 2.65 bits per heavy atom. The van der Waals surface area contributed by atoms with E-state index in [0.717, 1.165) is 5.56 Å². The lowest BCUT2D eigenvalue weighted by molar-refractivity contribution is -0.134. The van der Waals surface area contributed by atoms with Crippen LogP contribution in [0.5, 0.6) is 0 Å². The number of esters is 1. The van der Waals surface area contributed by atoms with Crippen molar-refractivity contribution in [2.75, 3.05) is 0 Å².